The van der Waals surface area contributed by atoms with Crippen molar-refractivity contribution in [1.82, 2.24) is 10.3 Å². The van der Waals surface area contributed by atoms with Crippen LogP contribution in [0.4, 0.5) is 5.69 Å². The normalized spacial score (nSPS) is 10.8. The second-order valence-corrected chi connectivity index (χ2v) is 7.42. The van der Waals surface area contributed by atoms with E-state index < -0.39 is 4.92 Å². The number of ether oxygens (including phenoxy) is 1. The first kappa shape index (κ1) is 21.1. The molecule has 1 heterocycles. The molecule has 0 unspecified atom stereocenters. The number of amides is 1. The van der Waals surface area contributed by atoms with Crippen molar-refractivity contribution in [2.24, 2.45) is 0 Å². The molecule has 0 aliphatic carbocycles. The molecule has 0 aliphatic heterocycles. The third kappa shape index (κ3) is 4.46. The summed E-state index contributed by atoms with van der Waals surface area (Å²) in [6.45, 7) is 0.120. The van der Waals surface area contributed by atoms with Crippen LogP contribution in [-0.2, 0) is 17.8 Å². The minimum Gasteiger partial charge on any atom is -0.497 e. The first-order chi connectivity index (χ1) is 15.6. The van der Waals surface area contributed by atoms with E-state index in [1.165, 1.54) is 6.07 Å². The minimum absolute atomic E-state index is 0.00576. The van der Waals surface area contributed by atoms with Crippen molar-refractivity contribution in [2.45, 2.75) is 19.4 Å². The molecule has 0 saturated heterocycles. The highest BCUT2D eigenvalue weighted by atomic mass is 16.6. The SMILES string of the molecule is COc1ccc(-c2[nH]c3ccccc3c2CCC(=O)NCc2ccccc2[N+](=O)[O-])cc1. The number of hydrogen-bond donors (Lipinski definition) is 2. The average Bonchev–Trinajstić information content (AvgIpc) is 3.20. The lowest BCUT2D eigenvalue weighted by atomic mass is 10.0. The third-order valence-electron chi connectivity index (χ3n) is 5.46. The number of aryl methyl sites for hydroxylation is 1. The van der Waals surface area contributed by atoms with E-state index >= 15 is 0 Å². The molecule has 0 radical (unpaired) electrons. The zero-order valence-electron chi connectivity index (χ0n) is 17.6. The molecule has 7 nitrogen and oxygen atoms in total. The Balaban J connectivity index is 1.51. The van der Waals surface area contributed by atoms with Crippen LogP contribution in [-0.4, -0.2) is 22.9 Å². The van der Waals surface area contributed by atoms with Gasteiger partial charge in [-0.1, -0.05) is 36.4 Å². The van der Waals surface area contributed by atoms with Crippen LogP contribution >= 0.6 is 0 Å². The maximum Gasteiger partial charge on any atom is 0.274 e. The molecule has 2 N–H and O–H groups in total. The number of carbonyl (C=O) groups excluding carboxylic acids is 1. The summed E-state index contributed by atoms with van der Waals surface area (Å²) in [4.78, 5) is 26.8. The fourth-order valence-electron chi connectivity index (χ4n) is 3.82. The van der Waals surface area contributed by atoms with Crippen LogP contribution in [0.1, 0.15) is 17.5 Å². The molecule has 1 amide bonds. The predicted octanol–water partition coefficient (Wildman–Crippen LogP) is 5.00. The quantitative estimate of drug-likeness (QED) is 0.304. The van der Waals surface area contributed by atoms with Crippen LogP contribution < -0.4 is 10.1 Å². The topological polar surface area (TPSA) is 97.3 Å². The van der Waals surface area contributed by atoms with Crippen LogP contribution in [0.15, 0.2) is 72.8 Å². The molecule has 3 aromatic carbocycles. The number of carbonyl (C=O) groups is 1. The first-order valence-corrected chi connectivity index (χ1v) is 10.3. The number of nitrogens with one attached hydrogen (secondary N) is 2. The molecular formula is C25H23N3O4. The number of para-hydroxylation sites is 2. The van der Waals surface area contributed by atoms with Gasteiger partial charge in [-0.15, -0.1) is 0 Å². The number of benzene rings is 3. The number of aromatic nitrogens is 1. The van der Waals surface area contributed by atoms with Crippen LogP contribution in [0.3, 0.4) is 0 Å². The van der Waals surface area contributed by atoms with Gasteiger partial charge in [0.2, 0.25) is 5.91 Å². The van der Waals surface area contributed by atoms with Crippen LogP contribution in [0.25, 0.3) is 22.2 Å². The van der Waals surface area contributed by atoms with E-state index in [4.69, 9.17) is 4.74 Å². The van der Waals surface area contributed by atoms with Crippen molar-refractivity contribution in [3.8, 4) is 17.0 Å². The number of nitrogens with zero attached hydrogens (tertiary/aromatic N) is 1. The van der Waals surface area contributed by atoms with Gasteiger partial charge in [-0.3, -0.25) is 14.9 Å². The standard InChI is InChI=1S/C25H23N3O4/c1-32-19-12-10-17(11-13-19)25-21(20-7-3-4-8-22(20)27-25)14-15-24(29)26-16-18-6-2-5-9-23(18)28(30)31/h2-13,27H,14-16H2,1H3,(H,26,29). The summed E-state index contributed by atoms with van der Waals surface area (Å²) in [7, 11) is 1.63. The number of H-pyrrole nitrogens is 1. The largest absolute Gasteiger partial charge is 0.497 e. The van der Waals surface area contributed by atoms with Crippen LogP contribution in [0.2, 0.25) is 0 Å². The molecule has 162 valence electrons. The summed E-state index contributed by atoms with van der Waals surface area (Å²) in [5.41, 5.74) is 4.54. The molecule has 0 atom stereocenters. The summed E-state index contributed by atoms with van der Waals surface area (Å²) in [6.07, 6.45) is 0.805. The lowest BCUT2D eigenvalue weighted by Crippen LogP contribution is -2.23. The highest BCUT2D eigenvalue weighted by molar-refractivity contribution is 5.91. The maximum absolute atomic E-state index is 12.6. The van der Waals surface area contributed by atoms with Crippen molar-refractivity contribution >= 4 is 22.5 Å². The lowest BCUT2D eigenvalue weighted by Gasteiger charge is -2.08. The van der Waals surface area contributed by atoms with Crippen molar-refractivity contribution in [2.75, 3.05) is 7.11 Å². The Kier molecular flexibility index (Phi) is 6.17. The second kappa shape index (κ2) is 9.34. The highest BCUT2D eigenvalue weighted by Crippen LogP contribution is 2.32. The van der Waals surface area contributed by atoms with E-state index in [9.17, 15) is 14.9 Å². The van der Waals surface area contributed by atoms with E-state index in [-0.39, 0.29) is 24.6 Å². The number of aromatic amines is 1. The monoisotopic (exact) mass is 429 g/mol. The van der Waals surface area contributed by atoms with E-state index in [1.54, 1.807) is 25.3 Å². The molecule has 0 aliphatic rings. The number of fused-ring (bicyclic) bond motifs is 1. The molecule has 0 fully saturated rings. The highest BCUT2D eigenvalue weighted by Gasteiger charge is 2.16. The number of nitro groups is 1. The zero-order chi connectivity index (χ0) is 22.5. The number of hydrogen-bond acceptors (Lipinski definition) is 4. The summed E-state index contributed by atoms with van der Waals surface area (Å²) < 4.78 is 5.25. The lowest BCUT2D eigenvalue weighted by molar-refractivity contribution is -0.385. The van der Waals surface area contributed by atoms with Gasteiger partial charge in [0.1, 0.15) is 5.75 Å². The molecule has 4 rings (SSSR count). The van der Waals surface area contributed by atoms with E-state index in [2.05, 4.69) is 10.3 Å². The van der Waals surface area contributed by atoms with Gasteiger partial charge in [0.25, 0.3) is 5.69 Å². The van der Waals surface area contributed by atoms with Crippen LogP contribution in [0.5, 0.6) is 5.75 Å². The fraction of sp³-hybridized carbons (Fsp3) is 0.160. The van der Waals surface area contributed by atoms with E-state index in [0.717, 1.165) is 33.5 Å². The Bertz CT molecular complexity index is 1260. The third-order valence-corrected chi connectivity index (χ3v) is 5.46. The molecule has 7 heteroatoms. The Morgan fingerprint density at radius 2 is 1.75 bits per heavy atom. The molecule has 4 aromatic rings. The summed E-state index contributed by atoms with van der Waals surface area (Å²) in [5, 5.41) is 15.0. The van der Waals surface area contributed by atoms with Crippen molar-refractivity contribution in [3.05, 3.63) is 94.0 Å². The van der Waals surface area contributed by atoms with Crippen molar-refractivity contribution in [3.63, 3.8) is 0 Å². The summed E-state index contributed by atoms with van der Waals surface area (Å²) >= 11 is 0. The Morgan fingerprint density at radius 1 is 1.03 bits per heavy atom. The van der Waals surface area contributed by atoms with Crippen molar-refractivity contribution in [1.29, 1.82) is 0 Å². The molecule has 0 saturated carbocycles. The molecular weight excluding hydrogens is 406 g/mol. The van der Waals surface area contributed by atoms with Crippen molar-refractivity contribution < 1.29 is 14.5 Å². The predicted molar refractivity (Wildman–Crippen MR) is 124 cm³/mol. The Labute approximate surface area is 185 Å². The van der Waals surface area contributed by atoms with Gasteiger partial charge in [0.15, 0.2) is 0 Å². The first-order valence-electron chi connectivity index (χ1n) is 10.3. The number of rotatable bonds is 8. The van der Waals surface area contributed by atoms with Gasteiger partial charge in [-0.05, 0) is 47.9 Å². The Morgan fingerprint density at radius 3 is 2.50 bits per heavy atom. The van der Waals surface area contributed by atoms with Gasteiger partial charge in [0, 0.05) is 41.2 Å². The Hall–Kier alpha value is -4.13. The zero-order valence-corrected chi connectivity index (χ0v) is 17.6. The van der Waals surface area contributed by atoms with Gasteiger partial charge in [-0.25, -0.2) is 0 Å². The number of methoxy groups -OCH3 is 1. The molecule has 32 heavy (non-hydrogen) atoms. The maximum atomic E-state index is 12.6. The van der Waals surface area contributed by atoms with E-state index in [1.807, 2.05) is 48.5 Å². The van der Waals surface area contributed by atoms with Gasteiger partial charge >= 0.3 is 0 Å². The summed E-state index contributed by atoms with van der Waals surface area (Å²) in [5.74, 6) is 0.620. The van der Waals surface area contributed by atoms with Gasteiger partial charge in [-0.2, -0.15) is 0 Å². The van der Waals surface area contributed by atoms with Gasteiger partial charge < -0.3 is 15.0 Å². The number of nitro benzene ring substituents is 1. The fourth-order valence-corrected chi connectivity index (χ4v) is 3.82. The van der Waals surface area contributed by atoms with Gasteiger partial charge in [0.05, 0.1) is 12.0 Å². The molecule has 0 spiro atoms. The molecule has 1 aromatic heterocycles. The summed E-state index contributed by atoms with van der Waals surface area (Å²) in [6, 6.07) is 22.2. The van der Waals surface area contributed by atoms with Crippen LogP contribution in [0, 0.1) is 10.1 Å². The smallest absolute Gasteiger partial charge is 0.274 e. The molecule has 0 bridgehead atoms. The van der Waals surface area contributed by atoms with E-state index in [0.29, 0.717) is 12.0 Å². The second-order valence-electron chi connectivity index (χ2n) is 7.42. The minimum atomic E-state index is -0.436. The average molecular weight is 429 g/mol.